The van der Waals surface area contributed by atoms with Crippen LogP contribution in [0, 0.1) is 0 Å². The second-order valence-electron chi connectivity index (χ2n) is 6.48. The first-order valence-corrected chi connectivity index (χ1v) is 8.48. The van der Waals surface area contributed by atoms with E-state index in [1.54, 1.807) is 11.0 Å². The van der Waals surface area contributed by atoms with Gasteiger partial charge in [0.25, 0.3) is 0 Å². The molecule has 2 atom stereocenters. The van der Waals surface area contributed by atoms with Crippen LogP contribution in [0.4, 0.5) is 0 Å². The van der Waals surface area contributed by atoms with Gasteiger partial charge in [-0.25, -0.2) is 0 Å². The molecule has 0 saturated carbocycles. The van der Waals surface area contributed by atoms with E-state index in [1.807, 2.05) is 12.1 Å². The molecule has 2 nitrogen and oxygen atoms in total. The molecule has 1 saturated heterocycles. The summed E-state index contributed by atoms with van der Waals surface area (Å²) in [4.78, 5) is 1.72. The average molecular weight is 332 g/mol. The second-order valence-corrected chi connectivity index (χ2v) is 6.48. The van der Waals surface area contributed by atoms with Crippen molar-refractivity contribution in [1.82, 2.24) is 0 Å². The third-order valence-electron chi connectivity index (χ3n) is 4.80. The molecular weight excluding hydrogens is 306 g/mol. The maximum Gasteiger partial charge on any atom is 0.115 e. The minimum atomic E-state index is 0. The van der Waals surface area contributed by atoms with Gasteiger partial charge < -0.3 is 22.4 Å². The number of hydrogen-bond acceptors (Lipinski definition) is 1. The van der Waals surface area contributed by atoms with Crippen molar-refractivity contribution in [2.45, 2.75) is 31.6 Å². The van der Waals surface area contributed by atoms with Crippen molar-refractivity contribution in [3.05, 3.63) is 65.7 Å². The second kappa shape index (κ2) is 8.95. The SMILES string of the molecule is Oc1cccc(C2CCC[NH+](CCCc3ccccc3)C2)c1.[Cl-]. The third kappa shape index (κ3) is 5.26. The first-order chi connectivity index (χ1) is 10.8. The zero-order valence-corrected chi connectivity index (χ0v) is 14.3. The van der Waals surface area contributed by atoms with Crippen molar-refractivity contribution in [3.8, 4) is 5.75 Å². The van der Waals surface area contributed by atoms with Gasteiger partial charge in [0.05, 0.1) is 19.6 Å². The number of hydrogen-bond donors (Lipinski definition) is 2. The Morgan fingerprint density at radius 2 is 1.87 bits per heavy atom. The van der Waals surface area contributed by atoms with Crippen LogP contribution in [0.3, 0.4) is 0 Å². The molecule has 2 unspecified atom stereocenters. The molecule has 1 heterocycles. The molecule has 0 aliphatic carbocycles. The first kappa shape index (κ1) is 17.8. The molecule has 1 fully saturated rings. The molecular formula is C20H26ClNO. The fourth-order valence-electron chi connectivity index (χ4n) is 3.63. The van der Waals surface area contributed by atoms with Crippen LogP contribution in [0.25, 0.3) is 0 Å². The largest absolute Gasteiger partial charge is 1.00 e. The van der Waals surface area contributed by atoms with E-state index < -0.39 is 0 Å². The summed E-state index contributed by atoms with van der Waals surface area (Å²) < 4.78 is 0. The minimum absolute atomic E-state index is 0. The number of phenols is 1. The van der Waals surface area contributed by atoms with Gasteiger partial charge in [0.1, 0.15) is 5.75 Å². The van der Waals surface area contributed by atoms with Gasteiger partial charge in [-0.05, 0) is 42.5 Å². The van der Waals surface area contributed by atoms with Crippen LogP contribution >= 0.6 is 0 Å². The van der Waals surface area contributed by atoms with Crippen LogP contribution in [0.15, 0.2) is 54.6 Å². The fraction of sp³-hybridized carbons (Fsp3) is 0.400. The van der Waals surface area contributed by atoms with Crippen molar-refractivity contribution in [2.75, 3.05) is 19.6 Å². The monoisotopic (exact) mass is 331 g/mol. The zero-order valence-electron chi connectivity index (χ0n) is 13.5. The molecule has 124 valence electrons. The Kier molecular flexibility index (Phi) is 6.94. The lowest BCUT2D eigenvalue weighted by Crippen LogP contribution is -3.13. The van der Waals surface area contributed by atoms with Crippen molar-refractivity contribution >= 4 is 0 Å². The molecule has 2 N–H and O–H groups in total. The summed E-state index contributed by atoms with van der Waals surface area (Å²) in [6, 6.07) is 18.6. The minimum Gasteiger partial charge on any atom is -1.00 e. The van der Waals surface area contributed by atoms with E-state index in [0.29, 0.717) is 11.7 Å². The first-order valence-electron chi connectivity index (χ1n) is 8.48. The summed E-state index contributed by atoms with van der Waals surface area (Å²) in [5.41, 5.74) is 2.75. The summed E-state index contributed by atoms with van der Waals surface area (Å²) in [6.45, 7) is 3.76. The van der Waals surface area contributed by atoms with Gasteiger partial charge in [-0.2, -0.15) is 0 Å². The molecule has 1 aliphatic heterocycles. The molecule has 2 aromatic carbocycles. The molecule has 3 rings (SSSR count). The van der Waals surface area contributed by atoms with E-state index in [1.165, 1.54) is 56.4 Å². The Balaban J connectivity index is 0.00000192. The Morgan fingerprint density at radius 1 is 1.04 bits per heavy atom. The highest BCUT2D eigenvalue weighted by atomic mass is 35.5. The van der Waals surface area contributed by atoms with Crippen molar-refractivity contribution in [3.63, 3.8) is 0 Å². The van der Waals surface area contributed by atoms with Crippen LogP contribution < -0.4 is 17.3 Å². The van der Waals surface area contributed by atoms with E-state index in [-0.39, 0.29) is 12.4 Å². The highest BCUT2D eigenvalue weighted by Crippen LogP contribution is 2.24. The maximum absolute atomic E-state index is 9.67. The topological polar surface area (TPSA) is 24.7 Å². The molecule has 0 amide bonds. The Labute approximate surface area is 145 Å². The van der Waals surface area contributed by atoms with Crippen LogP contribution in [-0.2, 0) is 6.42 Å². The van der Waals surface area contributed by atoms with Crippen LogP contribution in [0.5, 0.6) is 5.75 Å². The standard InChI is InChI=1S/C20H25NO.ClH/c22-20-12-4-10-18(15-20)19-11-6-14-21(16-19)13-5-9-17-7-2-1-3-8-17;/h1-4,7-8,10,12,15,19,22H,5-6,9,11,13-14,16H2;1H. The van der Waals surface area contributed by atoms with Gasteiger partial charge in [-0.15, -0.1) is 0 Å². The van der Waals surface area contributed by atoms with Crippen molar-refractivity contribution in [2.24, 2.45) is 0 Å². The van der Waals surface area contributed by atoms with Gasteiger partial charge in [-0.1, -0.05) is 42.5 Å². The highest BCUT2D eigenvalue weighted by Gasteiger charge is 2.24. The smallest absolute Gasteiger partial charge is 0.115 e. The predicted octanol–water partition coefficient (Wildman–Crippen LogP) is -0.209. The van der Waals surface area contributed by atoms with Gasteiger partial charge in [-0.3, -0.25) is 0 Å². The summed E-state index contributed by atoms with van der Waals surface area (Å²) in [6.07, 6.45) is 4.99. The summed E-state index contributed by atoms with van der Waals surface area (Å²) in [5, 5.41) is 9.67. The number of phenolic OH excluding ortho intramolecular Hbond substituents is 1. The summed E-state index contributed by atoms with van der Waals surface area (Å²) in [7, 11) is 0. The fourth-order valence-corrected chi connectivity index (χ4v) is 3.63. The lowest BCUT2D eigenvalue weighted by Gasteiger charge is -2.30. The molecule has 23 heavy (non-hydrogen) atoms. The van der Waals surface area contributed by atoms with E-state index in [9.17, 15) is 5.11 Å². The van der Waals surface area contributed by atoms with Gasteiger partial charge in [0.2, 0.25) is 0 Å². The van der Waals surface area contributed by atoms with Crippen LogP contribution in [-0.4, -0.2) is 24.7 Å². The molecule has 1 aliphatic rings. The third-order valence-corrected chi connectivity index (χ3v) is 4.80. The number of quaternary nitrogens is 1. The number of nitrogens with one attached hydrogen (secondary N) is 1. The van der Waals surface area contributed by atoms with Gasteiger partial charge >= 0.3 is 0 Å². The lowest BCUT2D eigenvalue weighted by molar-refractivity contribution is -0.906. The molecule has 0 aromatic heterocycles. The molecule has 0 spiro atoms. The van der Waals surface area contributed by atoms with Crippen molar-refractivity contribution in [1.29, 1.82) is 0 Å². The number of halogens is 1. The van der Waals surface area contributed by atoms with Crippen LogP contribution in [0.2, 0.25) is 0 Å². The number of piperidine rings is 1. The van der Waals surface area contributed by atoms with Crippen molar-refractivity contribution < 1.29 is 22.4 Å². The van der Waals surface area contributed by atoms with E-state index in [2.05, 4.69) is 36.4 Å². The Morgan fingerprint density at radius 3 is 2.65 bits per heavy atom. The maximum atomic E-state index is 9.67. The number of likely N-dealkylation sites (tertiary alicyclic amines) is 1. The number of aryl methyl sites for hydroxylation is 1. The summed E-state index contributed by atoms with van der Waals surface area (Å²) in [5.74, 6) is 1.00. The molecule has 3 heteroatoms. The summed E-state index contributed by atoms with van der Waals surface area (Å²) >= 11 is 0. The van der Waals surface area contributed by atoms with E-state index in [0.717, 1.165) is 0 Å². The van der Waals surface area contributed by atoms with Crippen LogP contribution in [0.1, 0.15) is 36.3 Å². The predicted molar refractivity (Wildman–Crippen MR) is 90.4 cm³/mol. The van der Waals surface area contributed by atoms with Gasteiger partial charge in [0.15, 0.2) is 0 Å². The number of rotatable bonds is 5. The average Bonchev–Trinajstić information content (AvgIpc) is 2.56. The molecule has 2 aromatic rings. The molecule has 0 bridgehead atoms. The quantitative estimate of drug-likeness (QED) is 0.779. The van der Waals surface area contributed by atoms with E-state index >= 15 is 0 Å². The highest BCUT2D eigenvalue weighted by molar-refractivity contribution is 5.29. The van der Waals surface area contributed by atoms with Gasteiger partial charge in [0, 0.05) is 12.3 Å². The Bertz CT molecular complexity index is 587. The normalized spacial score (nSPS) is 20.7. The van der Waals surface area contributed by atoms with E-state index in [4.69, 9.17) is 0 Å². The lowest BCUT2D eigenvalue weighted by atomic mass is 9.90. The zero-order chi connectivity index (χ0) is 15.2. The Hall–Kier alpha value is -1.51. The number of aromatic hydroxyl groups is 1. The number of benzene rings is 2. The molecule has 0 radical (unpaired) electrons.